The molecule has 0 aliphatic carbocycles. The molecule has 0 heterocycles. The van der Waals surface area contributed by atoms with Gasteiger partial charge in [0.15, 0.2) is 0 Å². The molecule has 0 amide bonds. The monoisotopic (exact) mass is 193 g/mol. The van der Waals surface area contributed by atoms with E-state index in [1.54, 1.807) is 0 Å². The summed E-state index contributed by atoms with van der Waals surface area (Å²) in [5.41, 5.74) is 0. The number of hydrogen-bond acceptors (Lipinski definition) is 0. The molecule has 0 nitrogen and oxygen atoms in total. The summed E-state index contributed by atoms with van der Waals surface area (Å²) in [4.78, 5) is 0. The Morgan fingerprint density at radius 1 is 0.818 bits per heavy atom. The smallest absolute Gasteiger partial charge is 0 e. The first-order valence-corrected chi connectivity index (χ1v) is 4.71. The van der Waals surface area contributed by atoms with E-state index in [1.165, 1.54) is 44.9 Å². The van der Waals surface area contributed by atoms with Crippen LogP contribution in [-0.4, -0.2) is 0 Å². The molecule has 68 valence electrons. The molecule has 0 N–H and O–H groups in total. The molecule has 0 aromatic rings. The predicted molar refractivity (Wildman–Crippen MR) is 48.0 cm³/mol. The molecule has 0 unspecified atom stereocenters. The average Bonchev–Trinajstić information content (AvgIpc) is 1.97. The van der Waals surface area contributed by atoms with Gasteiger partial charge < -0.3 is 6.92 Å². The molecule has 0 spiro atoms. The molecule has 0 aromatic heterocycles. The molecule has 0 aliphatic rings. The molecular formula is C10H21Cr-. The van der Waals surface area contributed by atoms with Crippen LogP contribution in [0.25, 0.3) is 0 Å². The fourth-order valence-electron chi connectivity index (χ4n) is 1.13. The molecule has 11 heavy (non-hydrogen) atoms. The molecule has 0 saturated heterocycles. The van der Waals surface area contributed by atoms with Gasteiger partial charge in [-0.15, -0.1) is 0 Å². The number of unbranched alkanes of at least 4 members (excludes halogenated alkanes) is 7. The summed E-state index contributed by atoms with van der Waals surface area (Å²) < 4.78 is 0. The second kappa shape index (κ2) is 13.1. The molecule has 0 radical (unpaired) electrons. The molecule has 0 aromatic carbocycles. The summed E-state index contributed by atoms with van der Waals surface area (Å²) in [6.45, 7) is 6.08. The minimum atomic E-state index is 0. The second-order valence-corrected chi connectivity index (χ2v) is 2.97. The third-order valence-electron chi connectivity index (χ3n) is 1.85. The minimum Gasteiger partial charge on any atom is -0.343 e. The van der Waals surface area contributed by atoms with Crippen LogP contribution < -0.4 is 0 Å². The van der Waals surface area contributed by atoms with Gasteiger partial charge in [-0.25, -0.2) is 0 Å². The maximum absolute atomic E-state index is 3.82. The zero-order valence-corrected chi connectivity index (χ0v) is 9.05. The topological polar surface area (TPSA) is 0 Å². The van der Waals surface area contributed by atoms with Crippen molar-refractivity contribution in [2.45, 2.75) is 58.3 Å². The van der Waals surface area contributed by atoms with Crippen molar-refractivity contribution < 1.29 is 17.4 Å². The van der Waals surface area contributed by atoms with Crippen molar-refractivity contribution in [1.29, 1.82) is 0 Å². The van der Waals surface area contributed by atoms with Gasteiger partial charge in [0.2, 0.25) is 0 Å². The third kappa shape index (κ3) is 13.5. The van der Waals surface area contributed by atoms with Crippen molar-refractivity contribution in [3.63, 3.8) is 0 Å². The molecule has 0 bridgehead atoms. The van der Waals surface area contributed by atoms with Gasteiger partial charge in [-0.2, -0.15) is 6.42 Å². The van der Waals surface area contributed by atoms with Crippen LogP contribution in [-0.2, 0) is 17.4 Å². The van der Waals surface area contributed by atoms with Crippen molar-refractivity contribution in [3.05, 3.63) is 6.92 Å². The van der Waals surface area contributed by atoms with Crippen molar-refractivity contribution >= 4 is 0 Å². The van der Waals surface area contributed by atoms with E-state index >= 15 is 0 Å². The first-order chi connectivity index (χ1) is 4.91. The Morgan fingerprint density at radius 2 is 1.27 bits per heavy atom. The van der Waals surface area contributed by atoms with E-state index in [1.807, 2.05) is 0 Å². The van der Waals surface area contributed by atoms with Crippen LogP contribution in [0.5, 0.6) is 0 Å². The Kier molecular flexibility index (Phi) is 16.8. The van der Waals surface area contributed by atoms with Crippen molar-refractivity contribution in [2.24, 2.45) is 0 Å². The Labute approximate surface area is 82.9 Å². The van der Waals surface area contributed by atoms with E-state index in [4.69, 9.17) is 0 Å². The summed E-state index contributed by atoms with van der Waals surface area (Å²) in [5, 5.41) is 0. The van der Waals surface area contributed by atoms with E-state index in [2.05, 4.69) is 13.8 Å². The van der Waals surface area contributed by atoms with Gasteiger partial charge in [0.25, 0.3) is 0 Å². The predicted octanol–water partition coefficient (Wildman–Crippen LogP) is 3.96. The Hall–Kier alpha value is 0.532. The first-order valence-electron chi connectivity index (χ1n) is 4.71. The molecular weight excluding hydrogens is 172 g/mol. The van der Waals surface area contributed by atoms with Crippen LogP contribution in [0.2, 0.25) is 0 Å². The minimum absolute atomic E-state index is 0. The molecule has 1 heteroatoms. The van der Waals surface area contributed by atoms with E-state index < -0.39 is 0 Å². The first kappa shape index (κ1) is 14.1. The Bertz CT molecular complexity index is 44.8. The van der Waals surface area contributed by atoms with Gasteiger partial charge in [0.05, 0.1) is 0 Å². The fraction of sp³-hybridized carbons (Fsp3) is 0.900. The second-order valence-electron chi connectivity index (χ2n) is 2.97. The zero-order chi connectivity index (χ0) is 7.66. The Morgan fingerprint density at radius 3 is 1.73 bits per heavy atom. The van der Waals surface area contributed by atoms with Gasteiger partial charge in [-0.3, -0.25) is 0 Å². The van der Waals surface area contributed by atoms with E-state index in [9.17, 15) is 0 Å². The van der Waals surface area contributed by atoms with Crippen molar-refractivity contribution in [2.75, 3.05) is 0 Å². The zero-order valence-electron chi connectivity index (χ0n) is 7.77. The maximum atomic E-state index is 3.82. The molecule has 0 aliphatic heterocycles. The normalized spacial score (nSPS) is 9.27. The van der Waals surface area contributed by atoms with Crippen LogP contribution in [0.3, 0.4) is 0 Å². The summed E-state index contributed by atoms with van der Waals surface area (Å²) in [7, 11) is 0. The van der Waals surface area contributed by atoms with E-state index in [-0.39, 0.29) is 17.4 Å². The molecule has 0 atom stereocenters. The quantitative estimate of drug-likeness (QED) is 0.424. The largest absolute Gasteiger partial charge is 0.343 e. The molecule has 0 rings (SSSR count). The van der Waals surface area contributed by atoms with Gasteiger partial charge in [-0.05, 0) is 0 Å². The van der Waals surface area contributed by atoms with Gasteiger partial charge in [0.1, 0.15) is 0 Å². The summed E-state index contributed by atoms with van der Waals surface area (Å²) in [5.74, 6) is 0. The standard InChI is InChI=1S/C10H21.Cr/c1-3-5-7-9-10-8-6-4-2;/h1,3-10H2,2H3;/q-1;. The summed E-state index contributed by atoms with van der Waals surface area (Å²) in [6.07, 6.45) is 10.9. The van der Waals surface area contributed by atoms with Gasteiger partial charge in [-0.1, -0.05) is 51.9 Å². The van der Waals surface area contributed by atoms with Gasteiger partial charge in [0, 0.05) is 17.4 Å². The fourth-order valence-corrected chi connectivity index (χ4v) is 1.13. The van der Waals surface area contributed by atoms with E-state index in [0.29, 0.717) is 0 Å². The number of hydrogen-bond donors (Lipinski definition) is 0. The van der Waals surface area contributed by atoms with Gasteiger partial charge >= 0.3 is 0 Å². The van der Waals surface area contributed by atoms with Crippen molar-refractivity contribution in [3.8, 4) is 0 Å². The van der Waals surface area contributed by atoms with Crippen LogP contribution in [0.4, 0.5) is 0 Å². The van der Waals surface area contributed by atoms with E-state index in [0.717, 1.165) is 6.42 Å². The average molecular weight is 193 g/mol. The molecule has 0 fully saturated rings. The van der Waals surface area contributed by atoms with Crippen LogP contribution >= 0.6 is 0 Å². The van der Waals surface area contributed by atoms with Crippen molar-refractivity contribution in [1.82, 2.24) is 0 Å². The summed E-state index contributed by atoms with van der Waals surface area (Å²) in [6, 6.07) is 0. The summed E-state index contributed by atoms with van der Waals surface area (Å²) >= 11 is 0. The van der Waals surface area contributed by atoms with Crippen LogP contribution in [0.1, 0.15) is 58.3 Å². The maximum Gasteiger partial charge on any atom is 0 e. The number of rotatable bonds is 7. The molecule has 0 saturated carbocycles. The Balaban J connectivity index is 0. The van der Waals surface area contributed by atoms with Crippen LogP contribution in [0, 0.1) is 6.92 Å². The SMILES string of the molecule is [CH2-]CCCCCCCCC.[Cr]. The third-order valence-corrected chi connectivity index (χ3v) is 1.85. The van der Waals surface area contributed by atoms with Crippen LogP contribution in [0.15, 0.2) is 0 Å².